The van der Waals surface area contributed by atoms with Crippen LogP contribution in [0.25, 0.3) is 99.6 Å². The Labute approximate surface area is 390 Å². The van der Waals surface area contributed by atoms with E-state index in [1.165, 1.54) is 82.4 Å². The molecule has 1 aliphatic rings. The summed E-state index contributed by atoms with van der Waals surface area (Å²) in [6, 6.07) is 92.4. The second kappa shape index (κ2) is 15.8. The second-order valence-electron chi connectivity index (χ2n) is 17.5. The molecule has 0 bridgehead atoms. The fraction of sp³-hybridized carbons (Fsp3) is 0.0154. The van der Waals surface area contributed by atoms with Gasteiger partial charge in [0.1, 0.15) is 0 Å². The van der Waals surface area contributed by atoms with Crippen LogP contribution in [0, 0.1) is 0 Å². The third-order valence-corrected chi connectivity index (χ3v) is 14.0. The van der Waals surface area contributed by atoms with Gasteiger partial charge in [-0.15, -0.1) is 0 Å². The molecule has 0 fully saturated rings. The summed E-state index contributed by atoms with van der Waals surface area (Å²) in [5, 5.41) is 7.47. The molecule has 0 spiro atoms. The first kappa shape index (κ1) is 38.7. The molecular weight excluding hydrogens is 809 g/mol. The van der Waals surface area contributed by atoms with Crippen molar-refractivity contribution in [3.8, 4) is 67.3 Å². The predicted octanol–water partition coefficient (Wildman–Crippen LogP) is 16.6. The molecule has 2 heteroatoms. The van der Waals surface area contributed by atoms with Crippen LogP contribution in [0.1, 0.15) is 22.3 Å². The summed E-state index contributed by atoms with van der Waals surface area (Å²) in [4.78, 5) is 10.8. The largest absolute Gasteiger partial charge is 0.228 e. The minimum Gasteiger partial charge on any atom is -0.228 e. The zero-order valence-corrected chi connectivity index (χ0v) is 36.6. The van der Waals surface area contributed by atoms with E-state index in [0.717, 1.165) is 33.6 Å². The molecule has 0 unspecified atom stereocenters. The summed E-state index contributed by atoms with van der Waals surface area (Å²) < 4.78 is 0. The van der Waals surface area contributed by atoms with Gasteiger partial charge < -0.3 is 0 Å². The highest BCUT2D eigenvalue weighted by Gasteiger charge is 2.46. The molecule has 312 valence electrons. The van der Waals surface area contributed by atoms with Gasteiger partial charge >= 0.3 is 0 Å². The van der Waals surface area contributed by atoms with Gasteiger partial charge in [0.05, 0.1) is 16.8 Å². The maximum Gasteiger partial charge on any atom is 0.160 e. The molecule has 0 aliphatic heterocycles. The van der Waals surface area contributed by atoms with Crippen LogP contribution in [-0.2, 0) is 5.41 Å². The molecule has 0 saturated carbocycles. The fourth-order valence-electron chi connectivity index (χ4n) is 11.1. The lowest BCUT2D eigenvalue weighted by Crippen LogP contribution is -2.28. The molecule has 1 heterocycles. The smallest absolute Gasteiger partial charge is 0.160 e. The molecule has 1 aliphatic carbocycles. The quantitative estimate of drug-likeness (QED) is 0.118. The molecule has 12 aromatic rings. The lowest BCUT2D eigenvalue weighted by Gasteiger charge is -2.33. The van der Waals surface area contributed by atoms with Crippen molar-refractivity contribution in [2.75, 3.05) is 0 Å². The van der Waals surface area contributed by atoms with Crippen molar-refractivity contribution < 1.29 is 0 Å². The maximum atomic E-state index is 5.42. The van der Waals surface area contributed by atoms with Crippen LogP contribution in [0.3, 0.4) is 0 Å². The number of fused-ring (bicyclic) bond motifs is 7. The minimum atomic E-state index is -0.516. The minimum absolute atomic E-state index is 0.516. The van der Waals surface area contributed by atoms with Gasteiger partial charge in [-0.2, -0.15) is 0 Å². The zero-order valence-electron chi connectivity index (χ0n) is 36.6. The fourth-order valence-corrected chi connectivity index (χ4v) is 11.1. The van der Waals surface area contributed by atoms with E-state index in [-0.39, 0.29) is 0 Å². The molecule has 13 rings (SSSR count). The van der Waals surface area contributed by atoms with Gasteiger partial charge in [-0.1, -0.05) is 249 Å². The summed E-state index contributed by atoms with van der Waals surface area (Å²) in [5.74, 6) is 0.693. The Hall–Kier alpha value is -8.72. The Bertz CT molecular complexity index is 3780. The van der Waals surface area contributed by atoms with Crippen LogP contribution in [0.4, 0.5) is 0 Å². The highest BCUT2D eigenvalue weighted by atomic mass is 14.9. The summed E-state index contributed by atoms with van der Waals surface area (Å²) in [6.45, 7) is 0. The topological polar surface area (TPSA) is 25.8 Å². The van der Waals surface area contributed by atoms with Crippen LogP contribution in [0.2, 0.25) is 0 Å². The van der Waals surface area contributed by atoms with E-state index in [9.17, 15) is 0 Å². The number of nitrogens with zero attached hydrogens (tertiary/aromatic N) is 2. The van der Waals surface area contributed by atoms with Crippen LogP contribution < -0.4 is 0 Å². The normalized spacial score (nSPS) is 12.6. The predicted molar refractivity (Wildman–Crippen MR) is 279 cm³/mol. The van der Waals surface area contributed by atoms with E-state index < -0.39 is 5.41 Å². The number of hydrogen-bond donors (Lipinski definition) is 0. The van der Waals surface area contributed by atoms with E-state index in [1.54, 1.807) is 0 Å². The Morgan fingerprint density at radius 1 is 0.284 bits per heavy atom. The van der Waals surface area contributed by atoms with Crippen molar-refractivity contribution in [1.29, 1.82) is 0 Å². The van der Waals surface area contributed by atoms with E-state index in [1.807, 2.05) is 6.07 Å². The molecule has 11 aromatic carbocycles. The molecule has 1 aromatic heterocycles. The summed E-state index contributed by atoms with van der Waals surface area (Å²) in [5.41, 5.74) is 16.6. The van der Waals surface area contributed by atoms with Gasteiger partial charge in [0.25, 0.3) is 0 Å². The highest BCUT2D eigenvalue weighted by molar-refractivity contribution is 6.27. The summed E-state index contributed by atoms with van der Waals surface area (Å²) in [6.07, 6.45) is 0. The highest BCUT2D eigenvalue weighted by Crippen LogP contribution is 2.58. The summed E-state index contributed by atoms with van der Waals surface area (Å²) in [7, 11) is 0. The lowest BCUT2D eigenvalue weighted by atomic mass is 9.67. The molecule has 67 heavy (non-hydrogen) atoms. The Balaban J connectivity index is 1.01. The van der Waals surface area contributed by atoms with Crippen LogP contribution in [0.15, 0.2) is 255 Å². The van der Waals surface area contributed by atoms with E-state index >= 15 is 0 Å². The number of hydrogen-bond acceptors (Lipinski definition) is 2. The first-order valence-electron chi connectivity index (χ1n) is 23.1. The van der Waals surface area contributed by atoms with Crippen molar-refractivity contribution in [1.82, 2.24) is 9.97 Å². The zero-order chi connectivity index (χ0) is 44.3. The number of aromatic nitrogens is 2. The Kier molecular flexibility index (Phi) is 9.11. The second-order valence-corrected chi connectivity index (χ2v) is 17.5. The SMILES string of the molecule is c1ccc(-c2nc(-c3ccc(-c4c5ccccc5c(-c5ccccc5)c5c4ccc4ccccc45)cc3)cc(-c3cccc4c3-c3ccccc3C4(c3ccccc3)c3ccccc3)n2)cc1. The molecular formula is C65H42N2. The van der Waals surface area contributed by atoms with E-state index in [2.05, 4.69) is 249 Å². The monoisotopic (exact) mass is 850 g/mol. The van der Waals surface area contributed by atoms with Crippen molar-refractivity contribution in [2.24, 2.45) is 0 Å². The third kappa shape index (κ3) is 6.11. The summed E-state index contributed by atoms with van der Waals surface area (Å²) >= 11 is 0. The van der Waals surface area contributed by atoms with Crippen LogP contribution >= 0.6 is 0 Å². The number of benzene rings is 11. The average Bonchev–Trinajstić information content (AvgIpc) is 3.72. The van der Waals surface area contributed by atoms with Gasteiger partial charge in [0, 0.05) is 16.7 Å². The third-order valence-electron chi connectivity index (χ3n) is 14.0. The van der Waals surface area contributed by atoms with Crippen molar-refractivity contribution in [2.45, 2.75) is 5.41 Å². The molecule has 0 saturated heterocycles. The first-order valence-corrected chi connectivity index (χ1v) is 23.1. The Morgan fingerprint density at radius 2 is 0.791 bits per heavy atom. The van der Waals surface area contributed by atoms with Gasteiger partial charge in [-0.3, -0.25) is 0 Å². The molecule has 0 amide bonds. The van der Waals surface area contributed by atoms with Crippen molar-refractivity contribution in [3.63, 3.8) is 0 Å². The molecule has 0 atom stereocenters. The van der Waals surface area contributed by atoms with Crippen molar-refractivity contribution >= 4 is 32.3 Å². The van der Waals surface area contributed by atoms with E-state index in [0.29, 0.717) is 5.82 Å². The lowest BCUT2D eigenvalue weighted by molar-refractivity contribution is 0.768. The van der Waals surface area contributed by atoms with Gasteiger partial charge in [-0.25, -0.2) is 9.97 Å². The van der Waals surface area contributed by atoms with Gasteiger partial charge in [-0.05, 0) is 94.0 Å². The number of rotatable bonds is 7. The Morgan fingerprint density at radius 3 is 1.49 bits per heavy atom. The van der Waals surface area contributed by atoms with Gasteiger partial charge in [0.2, 0.25) is 0 Å². The molecule has 0 radical (unpaired) electrons. The van der Waals surface area contributed by atoms with Crippen LogP contribution in [0.5, 0.6) is 0 Å². The van der Waals surface area contributed by atoms with E-state index in [4.69, 9.17) is 9.97 Å². The molecule has 0 N–H and O–H groups in total. The van der Waals surface area contributed by atoms with Crippen LogP contribution in [-0.4, -0.2) is 9.97 Å². The first-order chi connectivity index (χ1) is 33.3. The van der Waals surface area contributed by atoms with Crippen molar-refractivity contribution in [3.05, 3.63) is 277 Å². The maximum absolute atomic E-state index is 5.42. The molecule has 2 nitrogen and oxygen atoms in total. The van der Waals surface area contributed by atoms with Gasteiger partial charge in [0.15, 0.2) is 5.82 Å². The average molecular weight is 851 g/mol. The standard InChI is InChI=1S/C65H42N2/c1-5-21-45(22-6-1)61-52-31-16-15-30-51(52)60(55-41-40-43-20-13-14-29-50(43)63(55)61)46-38-36-44(37-39-46)58-42-59(67-64(66-58)47-23-7-2-8-24-47)54-33-19-35-57-62(54)53-32-17-18-34-56(53)65(57,48-25-9-3-10-26-48)49-27-11-4-12-28-49/h1-42H.